The number of para-hydroxylation sites is 1. The van der Waals surface area contributed by atoms with Gasteiger partial charge in [-0.3, -0.25) is 14.0 Å². The molecule has 1 fully saturated rings. The average molecular weight is 460 g/mol. The van der Waals surface area contributed by atoms with Gasteiger partial charge in [-0.1, -0.05) is 37.6 Å². The van der Waals surface area contributed by atoms with Gasteiger partial charge in [-0.25, -0.2) is 18.0 Å². The van der Waals surface area contributed by atoms with Crippen LogP contribution >= 0.6 is 0 Å². The van der Waals surface area contributed by atoms with Crippen LogP contribution < -0.4 is 9.62 Å². The molecule has 0 atom stereocenters. The molecule has 10 heteroatoms. The van der Waals surface area contributed by atoms with E-state index >= 15 is 0 Å². The molecule has 3 amide bonds. The molecule has 2 aromatic carbocycles. The number of unbranched alkanes of at least 4 members (excludes halogenated alkanes) is 1. The highest BCUT2D eigenvalue weighted by Crippen LogP contribution is 2.25. The lowest BCUT2D eigenvalue weighted by molar-refractivity contribution is -0.130. The minimum Gasteiger partial charge on any atom is -0.452 e. The summed E-state index contributed by atoms with van der Waals surface area (Å²) in [5, 5.41) is 2.49. The van der Waals surface area contributed by atoms with Crippen LogP contribution in [0.5, 0.6) is 0 Å². The fourth-order valence-electron chi connectivity index (χ4n) is 3.19. The number of hydrogen-bond acceptors (Lipinski definition) is 6. The van der Waals surface area contributed by atoms with Crippen molar-refractivity contribution in [3.63, 3.8) is 0 Å². The Kier molecular flexibility index (Phi) is 7.47. The van der Waals surface area contributed by atoms with Crippen molar-refractivity contribution >= 4 is 33.6 Å². The molecule has 9 nitrogen and oxygen atoms in total. The predicted molar refractivity (Wildman–Crippen MR) is 118 cm³/mol. The molecule has 1 aliphatic heterocycles. The van der Waals surface area contributed by atoms with E-state index in [2.05, 4.69) is 5.32 Å². The van der Waals surface area contributed by atoms with Crippen LogP contribution in [0, 0.1) is 0 Å². The van der Waals surface area contributed by atoms with E-state index in [1.165, 1.54) is 28.6 Å². The molecule has 32 heavy (non-hydrogen) atoms. The SMILES string of the molecule is CCCCN(c1ccccc1)S(=O)(=O)c1cccc(C(=O)OCC(=O)N2CCNC2=O)c1. The summed E-state index contributed by atoms with van der Waals surface area (Å²) in [5.41, 5.74) is 0.525. The van der Waals surface area contributed by atoms with Crippen LogP contribution in [-0.4, -0.2) is 57.5 Å². The highest BCUT2D eigenvalue weighted by molar-refractivity contribution is 7.92. The first kappa shape index (κ1) is 23.3. The Bertz CT molecular complexity index is 1090. The molecule has 1 saturated heterocycles. The summed E-state index contributed by atoms with van der Waals surface area (Å²) in [6, 6.07) is 13.7. The molecule has 0 unspecified atom stereocenters. The maximum Gasteiger partial charge on any atom is 0.338 e. The fourth-order valence-corrected chi connectivity index (χ4v) is 4.74. The largest absolute Gasteiger partial charge is 0.452 e. The number of carbonyl (C=O) groups is 3. The van der Waals surface area contributed by atoms with Crippen LogP contribution in [0.4, 0.5) is 10.5 Å². The lowest BCUT2D eigenvalue weighted by Crippen LogP contribution is -2.37. The standard InChI is InChI=1S/C22H25N3O6S/c1-2-3-13-25(18-9-5-4-6-10-18)32(29,30)19-11-7-8-17(15-19)21(27)31-16-20(26)24-14-12-23-22(24)28/h4-11,15H,2-3,12-14,16H2,1H3,(H,23,28). The zero-order chi connectivity index (χ0) is 23.1. The maximum atomic E-state index is 13.4. The summed E-state index contributed by atoms with van der Waals surface area (Å²) in [7, 11) is -3.94. The summed E-state index contributed by atoms with van der Waals surface area (Å²) in [6.45, 7) is 2.20. The number of sulfonamides is 1. The highest BCUT2D eigenvalue weighted by atomic mass is 32.2. The van der Waals surface area contributed by atoms with Crippen molar-refractivity contribution < 1.29 is 27.5 Å². The smallest absolute Gasteiger partial charge is 0.338 e. The van der Waals surface area contributed by atoms with Crippen molar-refractivity contribution in [1.29, 1.82) is 0 Å². The third-order valence-electron chi connectivity index (χ3n) is 4.90. The Hall–Kier alpha value is -3.40. The van der Waals surface area contributed by atoms with Gasteiger partial charge in [0.15, 0.2) is 6.61 Å². The van der Waals surface area contributed by atoms with Gasteiger partial charge in [-0.2, -0.15) is 0 Å². The molecule has 0 bridgehead atoms. The van der Waals surface area contributed by atoms with Crippen LogP contribution in [0.1, 0.15) is 30.1 Å². The summed E-state index contributed by atoms with van der Waals surface area (Å²) in [6.07, 6.45) is 1.48. The average Bonchev–Trinajstić information content (AvgIpc) is 3.24. The van der Waals surface area contributed by atoms with E-state index in [0.717, 1.165) is 11.3 Å². The number of anilines is 1. The number of benzene rings is 2. The monoisotopic (exact) mass is 459 g/mol. The number of rotatable bonds is 9. The van der Waals surface area contributed by atoms with Gasteiger partial charge in [0.25, 0.3) is 15.9 Å². The summed E-state index contributed by atoms with van der Waals surface area (Å²) in [4.78, 5) is 36.9. The summed E-state index contributed by atoms with van der Waals surface area (Å²) >= 11 is 0. The van der Waals surface area contributed by atoms with Crippen molar-refractivity contribution in [3.8, 4) is 0 Å². The molecule has 0 aliphatic carbocycles. The molecule has 3 rings (SSSR count). The molecule has 1 aliphatic rings. The Morgan fingerprint density at radius 3 is 2.53 bits per heavy atom. The lowest BCUT2D eigenvalue weighted by atomic mass is 10.2. The first-order chi connectivity index (χ1) is 15.3. The number of nitrogens with zero attached hydrogens (tertiary/aromatic N) is 2. The van der Waals surface area contributed by atoms with Gasteiger partial charge >= 0.3 is 12.0 Å². The maximum absolute atomic E-state index is 13.4. The van der Waals surface area contributed by atoms with E-state index in [9.17, 15) is 22.8 Å². The fraction of sp³-hybridized carbons (Fsp3) is 0.318. The van der Waals surface area contributed by atoms with E-state index in [-0.39, 0.29) is 17.0 Å². The van der Waals surface area contributed by atoms with Crippen molar-refractivity contribution in [3.05, 3.63) is 60.2 Å². The van der Waals surface area contributed by atoms with E-state index in [4.69, 9.17) is 4.74 Å². The summed E-state index contributed by atoms with van der Waals surface area (Å²) < 4.78 is 33.0. The molecule has 0 radical (unpaired) electrons. The Labute approximate surface area is 187 Å². The second-order valence-corrected chi connectivity index (χ2v) is 9.01. The van der Waals surface area contributed by atoms with Gasteiger partial charge in [0.1, 0.15) is 0 Å². The number of esters is 1. The zero-order valence-corrected chi connectivity index (χ0v) is 18.5. The first-order valence-electron chi connectivity index (χ1n) is 10.3. The van der Waals surface area contributed by atoms with Crippen LogP contribution in [0.2, 0.25) is 0 Å². The predicted octanol–water partition coefficient (Wildman–Crippen LogP) is 2.39. The van der Waals surface area contributed by atoms with E-state index < -0.39 is 34.5 Å². The number of urea groups is 1. The number of nitrogens with one attached hydrogen (secondary N) is 1. The Balaban J connectivity index is 1.77. The van der Waals surface area contributed by atoms with Crippen LogP contribution in [0.3, 0.4) is 0 Å². The Morgan fingerprint density at radius 1 is 1.12 bits per heavy atom. The topological polar surface area (TPSA) is 113 Å². The van der Waals surface area contributed by atoms with E-state index in [1.54, 1.807) is 30.3 Å². The third kappa shape index (κ3) is 5.25. The van der Waals surface area contributed by atoms with Crippen molar-refractivity contribution in [2.75, 3.05) is 30.5 Å². The molecule has 0 aromatic heterocycles. The zero-order valence-electron chi connectivity index (χ0n) is 17.7. The second-order valence-electron chi connectivity index (χ2n) is 7.15. The Morgan fingerprint density at radius 2 is 1.88 bits per heavy atom. The number of imide groups is 1. The number of amides is 3. The van der Waals surface area contributed by atoms with Crippen LogP contribution in [0.15, 0.2) is 59.5 Å². The second kappa shape index (κ2) is 10.3. The van der Waals surface area contributed by atoms with E-state index in [0.29, 0.717) is 25.2 Å². The van der Waals surface area contributed by atoms with Gasteiger partial charge in [0.2, 0.25) is 0 Å². The minimum absolute atomic E-state index is 0.00625. The quantitative estimate of drug-likeness (QED) is 0.576. The highest BCUT2D eigenvalue weighted by Gasteiger charge is 2.28. The van der Waals surface area contributed by atoms with Crippen molar-refractivity contribution in [1.82, 2.24) is 10.2 Å². The van der Waals surface area contributed by atoms with E-state index in [1.807, 2.05) is 6.92 Å². The number of ether oxygens (including phenoxy) is 1. The van der Waals surface area contributed by atoms with Crippen LogP contribution in [0.25, 0.3) is 0 Å². The molecular weight excluding hydrogens is 434 g/mol. The lowest BCUT2D eigenvalue weighted by Gasteiger charge is -2.24. The third-order valence-corrected chi connectivity index (χ3v) is 6.72. The first-order valence-corrected chi connectivity index (χ1v) is 11.7. The molecule has 170 valence electrons. The molecule has 1 heterocycles. The normalized spacial score (nSPS) is 13.5. The summed E-state index contributed by atoms with van der Waals surface area (Å²) in [5.74, 6) is -1.50. The molecule has 1 N–H and O–H groups in total. The van der Waals surface area contributed by atoms with Gasteiger partial charge in [-0.15, -0.1) is 0 Å². The van der Waals surface area contributed by atoms with Gasteiger partial charge < -0.3 is 10.1 Å². The van der Waals surface area contributed by atoms with Gasteiger partial charge in [0.05, 0.1) is 16.1 Å². The van der Waals surface area contributed by atoms with Crippen LogP contribution in [-0.2, 0) is 19.6 Å². The molecule has 2 aromatic rings. The molecule has 0 saturated carbocycles. The van der Waals surface area contributed by atoms with Crippen molar-refractivity contribution in [2.24, 2.45) is 0 Å². The van der Waals surface area contributed by atoms with Crippen molar-refractivity contribution in [2.45, 2.75) is 24.7 Å². The number of carbonyl (C=O) groups excluding carboxylic acids is 3. The molecule has 0 spiro atoms. The minimum atomic E-state index is -3.94. The number of hydrogen-bond donors (Lipinski definition) is 1. The van der Waals surface area contributed by atoms with Gasteiger partial charge in [-0.05, 0) is 36.8 Å². The van der Waals surface area contributed by atoms with Gasteiger partial charge in [0, 0.05) is 19.6 Å². The molecular formula is C22H25N3O6S.